The first-order valence-corrected chi connectivity index (χ1v) is 8.24. The first-order valence-electron chi connectivity index (χ1n) is 8.24. The second kappa shape index (κ2) is 6.17. The molecule has 1 N–H and O–H groups in total. The van der Waals surface area contributed by atoms with Gasteiger partial charge in [-0.3, -0.25) is 4.79 Å². The van der Waals surface area contributed by atoms with Crippen LogP contribution in [0.2, 0.25) is 0 Å². The number of aromatic nitrogens is 3. The van der Waals surface area contributed by atoms with E-state index in [2.05, 4.69) is 15.6 Å². The van der Waals surface area contributed by atoms with E-state index in [1.54, 1.807) is 9.58 Å². The summed E-state index contributed by atoms with van der Waals surface area (Å²) in [4.78, 5) is 28.3. The summed E-state index contributed by atoms with van der Waals surface area (Å²) in [5.74, 6) is -0.0845. The molecule has 1 atom stereocenters. The molecule has 0 bridgehead atoms. The van der Waals surface area contributed by atoms with Gasteiger partial charge in [-0.15, -0.1) is 5.10 Å². The lowest BCUT2D eigenvalue weighted by atomic mass is 10.0. The third-order valence-electron chi connectivity index (χ3n) is 4.63. The van der Waals surface area contributed by atoms with Crippen LogP contribution in [-0.4, -0.2) is 69.0 Å². The number of nitrogens with zero attached hydrogens (tertiary/aromatic N) is 5. The van der Waals surface area contributed by atoms with E-state index in [0.717, 1.165) is 18.5 Å². The van der Waals surface area contributed by atoms with Crippen molar-refractivity contribution in [1.29, 1.82) is 0 Å². The van der Waals surface area contributed by atoms with E-state index >= 15 is 0 Å². The zero-order valence-corrected chi connectivity index (χ0v) is 13.9. The van der Waals surface area contributed by atoms with Gasteiger partial charge in [0.05, 0.1) is 11.7 Å². The molecule has 8 heteroatoms. The van der Waals surface area contributed by atoms with Crippen LogP contribution in [0.1, 0.15) is 48.9 Å². The van der Waals surface area contributed by atoms with E-state index in [-0.39, 0.29) is 24.0 Å². The number of rotatable bonds is 3. The maximum absolute atomic E-state index is 12.8. The van der Waals surface area contributed by atoms with Gasteiger partial charge in [-0.2, -0.15) is 0 Å². The molecule has 2 aliphatic heterocycles. The number of nitrogens with one attached hydrogen (secondary N) is 1. The van der Waals surface area contributed by atoms with Crippen LogP contribution in [0, 0.1) is 6.92 Å². The Morgan fingerprint density at radius 2 is 2.13 bits per heavy atom. The highest BCUT2D eigenvalue weighted by atomic mass is 16.2. The van der Waals surface area contributed by atoms with E-state index < -0.39 is 0 Å². The van der Waals surface area contributed by atoms with Gasteiger partial charge in [0.2, 0.25) is 0 Å². The van der Waals surface area contributed by atoms with E-state index in [4.69, 9.17) is 0 Å². The predicted molar refractivity (Wildman–Crippen MR) is 84.2 cm³/mol. The van der Waals surface area contributed by atoms with Crippen LogP contribution in [-0.2, 0) is 0 Å². The summed E-state index contributed by atoms with van der Waals surface area (Å²) in [7, 11) is 0. The van der Waals surface area contributed by atoms with Gasteiger partial charge in [-0.1, -0.05) is 5.21 Å². The van der Waals surface area contributed by atoms with Gasteiger partial charge < -0.3 is 15.1 Å². The Morgan fingerprint density at radius 3 is 2.74 bits per heavy atom. The summed E-state index contributed by atoms with van der Waals surface area (Å²) in [5, 5.41) is 11.0. The summed E-state index contributed by atoms with van der Waals surface area (Å²) in [6, 6.07) is 0.244. The smallest absolute Gasteiger partial charge is 0.317 e. The van der Waals surface area contributed by atoms with Crippen LogP contribution in [0.5, 0.6) is 0 Å². The van der Waals surface area contributed by atoms with Gasteiger partial charge in [0.25, 0.3) is 5.91 Å². The molecule has 1 aromatic heterocycles. The Morgan fingerprint density at radius 1 is 1.35 bits per heavy atom. The summed E-state index contributed by atoms with van der Waals surface area (Å²) >= 11 is 0. The van der Waals surface area contributed by atoms with Gasteiger partial charge in [-0.25, -0.2) is 9.48 Å². The number of carbonyl (C=O) groups excluding carboxylic acids is 2. The zero-order valence-electron chi connectivity index (χ0n) is 13.9. The highest BCUT2D eigenvalue weighted by molar-refractivity contribution is 5.93. The molecule has 1 unspecified atom stereocenters. The largest absolute Gasteiger partial charge is 0.336 e. The molecule has 23 heavy (non-hydrogen) atoms. The number of hydrogen-bond donors (Lipinski definition) is 1. The molecule has 0 saturated carbocycles. The number of hydrogen-bond acceptors (Lipinski definition) is 4. The summed E-state index contributed by atoms with van der Waals surface area (Å²) in [5.41, 5.74) is 1.22. The van der Waals surface area contributed by atoms with Gasteiger partial charge in [-0.05, 0) is 33.6 Å². The topological polar surface area (TPSA) is 83.4 Å². The van der Waals surface area contributed by atoms with Crippen molar-refractivity contribution < 1.29 is 9.59 Å². The van der Waals surface area contributed by atoms with Crippen molar-refractivity contribution in [2.24, 2.45) is 0 Å². The SMILES string of the molecule is Cc1c(C(=O)N2CCCC(N3CCNC3=O)C2)nnn1C(C)C. The van der Waals surface area contributed by atoms with Gasteiger partial charge in [0, 0.05) is 32.2 Å². The van der Waals surface area contributed by atoms with Crippen LogP contribution < -0.4 is 5.32 Å². The van der Waals surface area contributed by atoms with E-state index in [1.165, 1.54) is 0 Å². The molecule has 3 heterocycles. The quantitative estimate of drug-likeness (QED) is 0.893. The van der Waals surface area contributed by atoms with Crippen LogP contribution in [0.4, 0.5) is 4.79 Å². The summed E-state index contributed by atoms with van der Waals surface area (Å²) in [6.07, 6.45) is 1.84. The summed E-state index contributed by atoms with van der Waals surface area (Å²) in [6.45, 7) is 8.58. The molecular formula is C15H24N6O2. The fraction of sp³-hybridized carbons (Fsp3) is 0.733. The lowest BCUT2D eigenvalue weighted by molar-refractivity contribution is 0.0628. The normalized spacial score (nSPS) is 21.9. The second-order valence-corrected chi connectivity index (χ2v) is 6.53. The zero-order chi connectivity index (χ0) is 16.6. The minimum atomic E-state index is -0.0845. The van der Waals surface area contributed by atoms with Gasteiger partial charge in [0.1, 0.15) is 0 Å². The molecule has 3 amide bonds. The standard InChI is InChI=1S/C15H24N6O2/c1-10(2)21-11(3)13(17-18-21)14(22)19-7-4-5-12(9-19)20-8-6-16-15(20)23/h10,12H,4-9H2,1-3H3,(H,16,23). The van der Waals surface area contributed by atoms with Gasteiger partial charge >= 0.3 is 6.03 Å². The van der Waals surface area contributed by atoms with Crippen molar-refractivity contribution in [3.8, 4) is 0 Å². The number of amides is 3. The van der Waals surface area contributed by atoms with Crippen LogP contribution >= 0.6 is 0 Å². The van der Waals surface area contributed by atoms with Crippen molar-refractivity contribution in [3.63, 3.8) is 0 Å². The van der Waals surface area contributed by atoms with Crippen LogP contribution in [0.25, 0.3) is 0 Å². The predicted octanol–water partition coefficient (Wildman–Crippen LogP) is 0.797. The highest BCUT2D eigenvalue weighted by Gasteiger charge is 2.34. The minimum absolute atomic E-state index is 0.0220. The maximum Gasteiger partial charge on any atom is 0.317 e. The molecule has 0 radical (unpaired) electrons. The maximum atomic E-state index is 12.8. The molecule has 2 fully saturated rings. The third kappa shape index (κ3) is 2.89. The molecular weight excluding hydrogens is 296 g/mol. The van der Waals surface area contributed by atoms with Crippen molar-refractivity contribution >= 4 is 11.9 Å². The lowest BCUT2D eigenvalue weighted by Gasteiger charge is -2.36. The van der Waals surface area contributed by atoms with Crippen molar-refractivity contribution in [2.45, 2.75) is 45.7 Å². The fourth-order valence-corrected chi connectivity index (χ4v) is 3.41. The van der Waals surface area contributed by atoms with Crippen molar-refractivity contribution in [1.82, 2.24) is 30.1 Å². The average molecular weight is 320 g/mol. The second-order valence-electron chi connectivity index (χ2n) is 6.53. The lowest BCUT2D eigenvalue weighted by Crippen LogP contribution is -2.50. The Hall–Kier alpha value is -2.12. The van der Waals surface area contributed by atoms with E-state index in [1.807, 2.05) is 25.7 Å². The molecule has 0 aromatic carbocycles. The first kappa shape index (κ1) is 15.8. The molecule has 0 spiro atoms. The number of piperidine rings is 1. The van der Waals surface area contributed by atoms with E-state index in [9.17, 15) is 9.59 Å². The Kier molecular flexibility index (Phi) is 4.23. The van der Waals surface area contributed by atoms with Crippen LogP contribution in [0.15, 0.2) is 0 Å². The monoisotopic (exact) mass is 320 g/mol. The highest BCUT2D eigenvalue weighted by Crippen LogP contribution is 2.20. The molecule has 8 nitrogen and oxygen atoms in total. The average Bonchev–Trinajstić information content (AvgIpc) is 3.12. The Labute approximate surface area is 135 Å². The van der Waals surface area contributed by atoms with E-state index in [0.29, 0.717) is 31.9 Å². The molecule has 0 aliphatic carbocycles. The Balaban J connectivity index is 1.73. The van der Waals surface area contributed by atoms with Crippen molar-refractivity contribution in [2.75, 3.05) is 26.2 Å². The van der Waals surface area contributed by atoms with Crippen LogP contribution in [0.3, 0.4) is 0 Å². The van der Waals surface area contributed by atoms with Crippen molar-refractivity contribution in [3.05, 3.63) is 11.4 Å². The molecule has 2 saturated heterocycles. The number of urea groups is 1. The molecule has 126 valence electrons. The van der Waals surface area contributed by atoms with Gasteiger partial charge in [0.15, 0.2) is 5.69 Å². The number of likely N-dealkylation sites (tertiary alicyclic amines) is 1. The fourth-order valence-electron chi connectivity index (χ4n) is 3.41. The molecule has 3 rings (SSSR count). The summed E-state index contributed by atoms with van der Waals surface area (Å²) < 4.78 is 1.77. The molecule has 2 aliphatic rings. The third-order valence-corrected chi connectivity index (χ3v) is 4.63. The molecule has 1 aromatic rings. The minimum Gasteiger partial charge on any atom is -0.336 e. The number of carbonyl (C=O) groups is 2. The first-order chi connectivity index (χ1) is 11.0. The Bertz CT molecular complexity index is 611.